The Labute approximate surface area is 142 Å². The van der Waals surface area contributed by atoms with Gasteiger partial charge in [-0.1, -0.05) is 13.3 Å². The lowest BCUT2D eigenvalue weighted by molar-refractivity contribution is -0.128. The van der Waals surface area contributed by atoms with Gasteiger partial charge < -0.3 is 14.5 Å². The lowest BCUT2D eigenvalue weighted by Crippen LogP contribution is -2.27. The first-order valence-electron chi connectivity index (χ1n) is 9.09. The number of aromatic amines is 1. The third-order valence-corrected chi connectivity index (χ3v) is 5.03. The van der Waals surface area contributed by atoms with E-state index in [1.807, 2.05) is 18.6 Å². The van der Waals surface area contributed by atoms with Gasteiger partial charge in [-0.2, -0.15) is 0 Å². The predicted molar refractivity (Wildman–Crippen MR) is 91.3 cm³/mol. The SMILES string of the molecule is CCCCc1ncc(-c2nccn2CC2CC(=O)N(C3CC3)C2)[nH]1. The van der Waals surface area contributed by atoms with Gasteiger partial charge in [-0.25, -0.2) is 9.97 Å². The molecule has 6 nitrogen and oxygen atoms in total. The number of imidazole rings is 2. The number of unbranched alkanes of at least 4 members (excludes halogenated alkanes) is 1. The van der Waals surface area contributed by atoms with Crippen LogP contribution in [0.5, 0.6) is 0 Å². The third-order valence-electron chi connectivity index (χ3n) is 5.03. The molecule has 3 heterocycles. The minimum Gasteiger partial charge on any atom is -0.339 e. The molecule has 2 aromatic rings. The van der Waals surface area contributed by atoms with Crippen molar-refractivity contribution < 1.29 is 4.79 Å². The van der Waals surface area contributed by atoms with Crippen LogP contribution in [0.1, 0.15) is 44.9 Å². The van der Waals surface area contributed by atoms with E-state index in [-0.39, 0.29) is 0 Å². The fraction of sp³-hybridized carbons (Fsp3) is 0.611. The highest BCUT2D eigenvalue weighted by molar-refractivity contribution is 5.79. The summed E-state index contributed by atoms with van der Waals surface area (Å²) in [5.74, 6) is 2.65. The van der Waals surface area contributed by atoms with Crippen LogP contribution in [-0.2, 0) is 17.8 Å². The number of hydrogen-bond donors (Lipinski definition) is 1. The molecule has 0 spiro atoms. The molecular weight excluding hydrogens is 302 g/mol. The summed E-state index contributed by atoms with van der Waals surface area (Å²) in [6, 6.07) is 0.526. The van der Waals surface area contributed by atoms with E-state index in [1.54, 1.807) is 0 Å². The normalized spacial score (nSPS) is 21.0. The molecule has 1 aliphatic heterocycles. The number of likely N-dealkylation sites (tertiary alicyclic amines) is 1. The number of amides is 1. The van der Waals surface area contributed by atoms with Gasteiger partial charge in [-0.05, 0) is 19.3 Å². The van der Waals surface area contributed by atoms with Crippen LogP contribution in [0.3, 0.4) is 0 Å². The summed E-state index contributed by atoms with van der Waals surface area (Å²) >= 11 is 0. The van der Waals surface area contributed by atoms with Crippen molar-refractivity contribution in [3.63, 3.8) is 0 Å². The van der Waals surface area contributed by atoms with Gasteiger partial charge in [0.25, 0.3) is 0 Å². The van der Waals surface area contributed by atoms with Crippen LogP contribution in [0.4, 0.5) is 0 Å². The predicted octanol–water partition coefficient (Wildman–Crippen LogP) is 2.63. The molecule has 0 aromatic carbocycles. The van der Waals surface area contributed by atoms with E-state index in [2.05, 4.69) is 31.3 Å². The van der Waals surface area contributed by atoms with E-state index in [1.165, 1.54) is 12.8 Å². The van der Waals surface area contributed by atoms with E-state index < -0.39 is 0 Å². The van der Waals surface area contributed by atoms with Gasteiger partial charge in [0.05, 0.1) is 6.20 Å². The zero-order valence-electron chi connectivity index (χ0n) is 14.2. The Morgan fingerprint density at radius 1 is 1.33 bits per heavy atom. The Bertz CT molecular complexity index is 715. The van der Waals surface area contributed by atoms with Gasteiger partial charge in [0, 0.05) is 50.3 Å². The van der Waals surface area contributed by atoms with Gasteiger partial charge >= 0.3 is 0 Å². The molecule has 1 saturated heterocycles. The topological polar surface area (TPSA) is 66.8 Å². The zero-order valence-corrected chi connectivity index (χ0v) is 14.2. The zero-order chi connectivity index (χ0) is 16.5. The largest absolute Gasteiger partial charge is 0.339 e. The first-order valence-corrected chi connectivity index (χ1v) is 9.09. The Morgan fingerprint density at radius 3 is 3.00 bits per heavy atom. The molecule has 4 rings (SSSR count). The molecule has 0 radical (unpaired) electrons. The molecule has 1 aliphatic carbocycles. The van der Waals surface area contributed by atoms with E-state index >= 15 is 0 Å². The molecule has 24 heavy (non-hydrogen) atoms. The minimum absolute atomic E-state index is 0.326. The number of carbonyl (C=O) groups is 1. The molecule has 1 N–H and O–H groups in total. The molecule has 2 aromatic heterocycles. The van der Waals surface area contributed by atoms with Crippen molar-refractivity contribution in [1.82, 2.24) is 24.4 Å². The molecule has 128 valence electrons. The number of carbonyl (C=O) groups excluding carboxylic acids is 1. The average molecular weight is 327 g/mol. The Kier molecular flexibility index (Phi) is 4.12. The number of nitrogens with zero attached hydrogens (tertiary/aromatic N) is 4. The first kappa shape index (κ1) is 15.4. The van der Waals surface area contributed by atoms with Gasteiger partial charge in [-0.3, -0.25) is 4.79 Å². The van der Waals surface area contributed by atoms with Crippen LogP contribution >= 0.6 is 0 Å². The fourth-order valence-corrected chi connectivity index (χ4v) is 3.60. The Morgan fingerprint density at radius 2 is 2.21 bits per heavy atom. The summed E-state index contributed by atoms with van der Waals surface area (Å²) in [5.41, 5.74) is 0.967. The van der Waals surface area contributed by atoms with Crippen LogP contribution < -0.4 is 0 Å². The second-order valence-electron chi connectivity index (χ2n) is 7.10. The second-order valence-corrected chi connectivity index (χ2v) is 7.10. The number of rotatable bonds is 7. The van der Waals surface area contributed by atoms with Crippen molar-refractivity contribution in [2.45, 2.75) is 58.0 Å². The number of nitrogens with one attached hydrogen (secondary N) is 1. The van der Waals surface area contributed by atoms with Crippen LogP contribution in [0.25, 0.3) is 11.5 Å². The van der Waals surface area contributed by atoms with Gasteiger partial charge in [0.2, 0.25) is 5.91 Å². The maximum atomic E-state index is 12.1. The van der Waals surface area contributed by atoms with E-state index in [9.17, 15) is 4.79 Å². The summed E-state index contributed by atoms with van der Waals surface area (Å²) in [6.07, 6.45) is 12.0. The van der Waals surface area contributed by atoms with Crippen molar-refractivity contribution in [3.05, 3.63) is 24.4 Å². The Balaban J connectivity index is 1.45. The number of H-pyrrole nitrogens is 1. The fourth-order valence-electron chi connectivity index (χ4n) is 3.60. The molecule has 1 amide bonds. The van der Waals surface area contributed by atoms with Crippen molar-refractivity contribution in [3.8, 4) is 11.5 Å². The highest BCUT2D eigenvalue weighted by Crippen LogP contribution is 2.33. The molecule has 6 heteroatoms. The van der Waals surface area contributed by atoms with Gasteiger partial charge in [0.1, 0.15) is 11.5 Å². The van der Waals surface area contributed by atoms with Crippen molar-refractivity contribution >= 4 is 5.91 Å². The molecule has 2 fully saturated rings. The standard InChI is InChI=1S/C18H25N5O/c1-2-3-4-16-20-10-15(21-16)18-19-7-8-22(18)11-13-9-17(24)23(12-13)14-5-6-14/h7-8,10,13-14H,2-6,9,11-12H2,1H3,(H,20,21). The molecule has 1 saturated carbocycles. The van der Waals surface area contributed by atoms with Crippen LogP contribution in [-0.4, -0.2) is 42.9 Å². The maximum absolute atomic E-state index is 12.1. The van der Waals surface area contributed by atoms with Gasteiger partial charge in [-0.15, -0.1) is 0 Å². The quantitative estimate of drug-likeness (QED) is 0.850. The number of aromatic nitrogens is 4. The molecule has 2 aliphatic rings. The van der Waals surface area contributed by atoms with E-state index in [0.717, 1.165) is 49.7 Å². The first-order chi connectivity index (χ1) is 11.7. The highest BCUT2D eigenvalue weighted by atomic mass is 16.2. The molecule has 1 unspecified atom stereocenters. The summed E-state index contributed by atoms with van der Waals surface area (Å²) in [6.45, 7) is 3.92. The number of hydrogen-bond acceptors (Lipinski definition) is 3. The highest BCUT2D eigenvalue weighted by Gasteiger charge is 2.39. The van der Waals surface area contributed by atoms with Crippen molar-refractivity contribution in [2.75, 3.05) is 6.54 Å². The smallest absolute Gasteiger partial charge is 0.223 e. The summed E-state index contributed by atoms with van der Waals surface area (Å²) in [7, 11) is 0. The van der Waals surface area contributed by atoms with E-state index in [4.69, 9.17) is 0 Å². The summed E-state index contributed by atoms with van der Waals surface area (Å²) < 4.78 is 2.16. The average Bonchev–Trinajstić information content (AvgIpc) is 2.96. The molecule has 1 atom stereocenters. The van der Waals surface area contributed by atoms with Crippen molar-refractivity contribution in [1.29, 1.82) is 0 Å². The van der Waals surface area contributed by atoms with Crippen LogP contribution in [0.15, 0.2) is 18.6 Å². The lowest BCUT2D eigenvalue weighted by atomic mass is 10.1. The second kappa shape index (κ2) is 6.42. The monoisotopic (exact) mass is 327 g/mol. The van der Waals surface area contributed by atoms with Crippen molar-refractivity contribution in [2.24, 2.45) is 5.92 Å². The molecular formula is C18H25N5O. The van der Waals surface area contributed by atoms with Gasteiger partial charge in [0.15, 0.2) is 5.82 Å². The van der Waals surface area contributed by atoms with Crippen LogP contribution in [0.2, 0.25) is 0 Å². The lowest BCUT2D eigenvalue weighted by Gasteiger charge is -2.16. The summed E-state index contributed by atoms with van der Waals surface area (Å²) in [5, 5.41) is 0. The van der Waals surface area contributed by atoms with E-state index in [0.29, 0.717) is 24.3 Å². The Hall–Kier alpha value is -2.11. The summed E-state index contributed by atoms with van der Waals surface area (Å²) in [4.78, 5) is 26.6. The van der Waals surface area contributed by atoms with Crippen LogP contribution in [0, 0.1) is 5.92 Å². The third kappa shape index (κ3) is 3.09. The number of aryl methyl sites for hydroxylation is 1. The molecule has 0 bridgehead atoms. The minimum atomic E-state index is 0.326. The maximum Gasteiger partial charge on any atom is 0.223 e.